The van der Waals surface area contributed by atoms with E-state index in [2.05, 4.69) is 0 Å². The van der Waals surface area contributed by atoms with E-state index in [4.69, 9.17) is 10.4 Å². The Kier molecular flexibility index (Phi) is 8.96. The summed E-state index contributed by atoms with van der Waals surface area (Å²) in [6.45, 7) is 0. The molecule has 0 aliphatic rings. The van der Waals surface area contributed by atoms with Gasteiger partial charge in [-0.1, -0.05) is 0 Å². The van der Waals surface area contributed by atoms with E-state index in [0.717, 1.165) is 11.0 Å². The average Bonchev–Trinajstić information content (AvgIpc) is 1.84. The fraction of sp³-hybridized carbons (Fsp3) is 0. The first-order chi connectivity index (χ1) is 3.72. The van der Waals surface area contributed by atoms with Gasteiger partial charge in [-0.25, -0.2) is 11.0 Å². The Morgan fingerprint density at radius 3 is 1.44 bits per heavy atom. The van der Waals surface area contributed by atoms with Gasteiger partial charge in [0.15, 0.2) is 0 Å². The molecule has 0 heterocycles. The molecule has 0 atom stereocenters. The first-order valence-corrected chi connectivity index (χ1v) is 1.61. The van der Waals surface area contributed by atoms with Crippen molar-refractivity contribution in [2.24, 2.45) is 0 Å². The first kappa shape index (κ1) is 12.2. The van der Waals surface area contributed by atoms with Gasteiger partial charge in [-0.15, -0.1) is 0 Å². The van der Waals surface area contributed by atoms with E-state index in [1.807, 2.05) is 0 Å². The van der Waals surface area contributed by atoms with E-state index in [-0.39, 0.29) is 52.8 Å². The smallest absolute Gasteiger partial charge is 1.00 e. The van der Waals surface area contributed by atoms with Crippen molar-refractivity contribution >= 4 is 11.8 Å². The third-order valence-electron chi connectivity index (χ3n) is 0.409. The number of carbonyl (C=O) groups is 2. The number of hydrogen-bond acceptors (Lipinski definition) is 4. The van der Waals surface area contributed by atoms with E-state index in [0.29, 0.717) is 0 Å². The Morgan fingerprint density at radius 1 is 1.11 bits per heavy atom. The summed E-state index contributed by atoms with van der Waals surface area (Å²) in [6.07, 6.45) is 0. The van der Waals surface area contributed by atoms with Crippen LogP contribution in [0.25, 0.3) is 0 Å². The van der Waals surface area contributed by atoms with E-state index >= 15 is 0 Å². The second kappa shape index (κ2) is 6.61. The molecule has 9 heavy (non-hydrogen) atoms. The largest absolute Gasteiger partial charge is 1.00 e. The zero-order chi connectivity index (χ0) is 6.57. The third-order valence-corrected chi connectivity index (χ3v) is 0.409. The minimum Gasteiger partial charge on any atom is -1.00 e. The van der Waals surface area contributed by atoms with Crippen LogP contribution in [0.3, 0.4) is 0 Å². The number of carbonyl (C=O) groups excluding carboxylic acids is 2. The molecule has 0 saturated heterocycles. The van der Waals surface area contributed by atoms with Crippen molar-refractivity contribution in [3.63, 3.8) is 0 Å². The molecule has 0 aromatic rings. The molecule has 0 spiro atoms. The van der Waals surface area contributed by atoms with Crippen LogP contribution in [0.2, 0.25) is 0 Å². The SMILES string of the molecule is O=C(NO)C(=O)NO.[H-].[K+]. The minimum atomic E-state index is -1.31. The molecule has 2 amide bonds. The first-order valence-electron chi connectivity index (χ1n) is 1.61. The summed E-state index contributed by atoms with van der Waals surface area (Å²) in [4.78, 5) is 19.6. The zero-order valence-electron chi connectivity index (χ0n) is 5.71. The fourth-order valence-electron chi connectivity index (χ4n) is 0.102. The van der Waals surface area contributed by atoms with Crippen LogP contribution in [0.15, 0.2) is 0 Å². The van der Waals surface area contributed by atoms with Crippen LogP contribution in [0, 0.1) is 0 Å². The van der Waals surface area contributed by atoms with Gasteiger partial charge >= 0.3 is 63.2 Å². The predicted octanol–water partition coefficient (Wildman–Crippen LogP) is -4.89. The van der Waals surface area contributed by atoms with Crippen molar-refractivity contribution in [2.75, 3.05) is 0 Å². The fourth-order valence-corrected chi connectivity index (χ4v) is 0.102. The summed E-state index contributed by atoms with van der Waals surface area (Å²) in [6, 6.07) is 0. The summed E-state index contributed by atoms with van der Waals surface area (Å²) >= 11 is 0. The molecule has 48 valence electrons. The van der Waals surface area contributed by atoms with Gasteiger partial charge in [0.2, 0.25) is 0 Å². The molecule has 0 fully saturated rings. The molecule has 0 unspecified atom stereocenters. The number of amides is 2. The van der Waals surface area contributed by atoms with Gasteiger partial charge in [-0.3, -0.25) is 20.0 Å². The molecule has 7 heteroatoms. The Hall–Kier alpha value is 0.496. The normalized spacial score (nSPS) is 6.89. The van der Waals surface area contributed by atoms with Gasteiger partial charge in [-0.2, -0.15) is 0 Å². The van der Waals surface area contributed by atoms with Gasteiger partial charge in [0.1, 0.15) is 0 Å². The summed E-state index contributed by atoms with van der Waals surface area (Å²) in [7, 11) is 0. The van der Waals surface area contributed by atoms with Crippen LogP contribution in [0.5, 0.6) is 0 Å². The molecule has 6 nitrogen and oxygen atoms in total. The van der Waals surface area contributed by atoms with Crippen LogP contribution in [0.1, 0.15) is 1.43 Å². The van der Waals surface area contributed by atoms with Crippen molar-refractivity contribution < 1.29 is 72.8 Å². The molecule has 0 aromatic carbocycles. The molecule has 4 N–H and O–H groups in total. The predicted molar refractivity (Wildman–Crippen MR) is 21.0 cm³/mol. The standard InChI is InChI=1S/C2H4N2O4.K.H/c5-1(3-7)2(6)4-8;;/h7-8H,(H,3,5)(H,4,6);;/q;+1;-1. The Bertz CT molecular complexity index is 106. The summed E-state index contributed by atoms with van der Waals surface area (Å²) < 4.78 is 0. The van der Waals surface area contributed by atoms with Crippen LogP contribution in [-0.2, 0) is 9.59 Å². The maximum atomic E-state index is 9.81. The molecule has 0 bridgehead atoms. The monoisotopic (exact) mass is 160 g/mol. The van der Waals surface area contributed by atoms with E-state index < -0.39 is 11.8 Å². The van der Waals surface area contributed by atoms with Gasteiger partial charge in [0.05, 0.1) is 0 Å². The van der Waals surface area contributed by atoms with Crippen LogP contribution in [-0.4, -0.2) is 22.2 Å². The number of hydrogen-bond donors (Lipinski definition) is 4. The van der Waals surface area contributed by atoms with E-state index in [1.165, 1.54) is 0 Å². The molecule has 0 aliphatic heterocycles. The Balaban J connectivity index is -0.000000245. The van der Waals surface area contributed by atoms with Crippen molar-refractivity contribution in [2.45, 2.75) is 0 Å². The molecule has 0 aliphatic carbocycles. The van der Waals surface area contributed by atoms with Crippen LogP contribution >= 0.6 is 0 Å². The summed E-state index contributed by atoms with van der Waals surface area (Å²) in [5, 5.41) is 15.3. The average molecular weight is 160 g/mol. The number of hydroxylamine groups is 2. The van der Waals surface area contributed by atoms with E-state index in [9.17, 15) is 9.59 Å². The second-order valence-corrected chi connectivity index (χ2v) is 0.882. The molecule has 0 saturated carbocycles. The molecule has 0 aromatic heterocycles. The summed E-state index contributed by atoms with van der Waals surface area (Å²) in [5.41, 5.74) is 2.01. The Morgan fingerprint density at radius 2 is 1.33 bits per heavy atom. The van der Waals surface area contributed by atoms with Crippen molar-refractivity contribution in [1.29, 1.82) is 0 Å². The van der Waals surface area contributed by atoms with Gasteiger partial charge in [0.25, 0.3) is 0 Å². The number of rotatable bonds is 0. The maximum Gasteiger partial charge on any atom is 1.00 e. The van der Waals surface area contributed by atoms with E-state index in [1.54, 1.807) is 0 Å². The summed E-state index contributed by atoms with van der Waals surface area (Å²) in [5.74, 6) is -2.62. The molecular formula is C2H5KN2O4. The Labute approximate surface area is 94.4 Å². The van der Waals surface area contributed by atoms with Crippen molar-refractivity contribution in [1.82, 2.24) is 11.0 Å². The zero-order valence-corrected chi connectivity index (χ0v) is 7.83. The van der Waals surface area contributed by atoms with Crippen LogP contribution < -0.4 is 62.3 Å². The van der Waals surface area contributed by atoms with Gasteiger partial charge in [0, 0.05) is 0 Å². The minimum absolute atomic E-state index is 0. The molecule has 0 rings (SSSR count). The third kappa shape index (κ3) is 4.97. The second-order valence-electron chi connectivity index (χ2n) is 0.882. The number of nitrogens with one attached hydrogen (secondary N) is 2. The van der Waals surface area contributed by atoms with Crippen LogP contribution in [0.4, 0.5) is 0 Å². The molecular weight excluding hydrogens is 155 g/mol. The topological polar surface area (TPSA) is 98.7 Å². The van der Waals surface area contributed by atoms with Gasteiger partial charge in [-0.05, 0) is 0 Å². The van der Waals surface area contributed by atoms with Crippen molar-refractivity contribution in [3.05, 3.63) is 0 Å². The van der Waals surface area contributed by atoms with Gasteiger partial charge < -0.3 is 1.43 Å². The maximum absolute atomic E-state index is 9.81. The van der Waals surface area contributed by atoms with Crippen molar-refractivity contribution in [3.8, 4) is 0 Å². The quantitative estimate of drug-likeness (QED) is 0.123. The molecule has 0 radical (unpaired) electrons.